The van der Waals surface area contributed by atoms with Crippen LogP contribution in [0.25, 0.3) is 0 Å². The summed E-state index contributed by atoms with van der Waals surface area (Å²) in [5.74, 6) is -0.510. The summed E-state index contributed by atoms with van der Waals surface area (Å²) in [6.07, 6.45) is 1.71. The van der Waals surface area contributed by atoms with Crippen molar-refractivity contribution in [3.8, 4) is 0 Å². The molecule has 2 unspecified atom stereocenters. The first-order valence-corrected chi connectivity index (χ1v) is 5.17. The van der Waals surface area contributed by atoms with Crippen LogP contribution in [0.3, 0.4) is 0 Å². The van der Waals surface area contributed by atoms with Gasteiger partial charge in [0.05, 0.1) is 5.41 Å². The molecule has 1 aromatic carbocycles. The molecule has 3 N–H and O–H groups in total. The van der Waals surface area contributed by atoms with Crippen LogP contribution in [0.1, 0.15) is 25.3 Å². The van der Waals surface area contributed by atoms with Crippen molar-refractivity contribution < 1.29 is 9.90 Å². The van der Waals surface area contributed by atoms with Crippen LogP contribution < -0.4 is 5.73 Å². The number of anilines is 1. The SMILES string of the molecule is CC1CCC1(C(=O)O)c1ccc(N)cc1. The molecule has 0 bridgehead atoms. The fraction of sp³-hybridized carbons (Fsp3) is 0.417. The van der Waals surface area contributed by atoms with Gasteiger partial charge in [0, 0.05) is 5.69 Å². The molecule has 15 heavy (non-hydrogen) atoms. The zero-order chi connectivity index (χ0) is 11.1. The van der Waals surface area contributed by atoms with Crippen molar-refractivity contribution >= 4 is 11.7 Å². The van der Waals surface area contributed by atoms with Crippen molar-refractivity contribution in [2.75, 3.05) is 5.73 Å². The molecule has 80 valence electrons. The number of aliphatic carboxylic acids is 1. The fourth-order valence-electron chi connectivity index (χ4n) is 2.37. The van der Waals surface area contributed by atoms with Gasteiger partial charge in [0.2, 0.25) is 0 Å². The van der Waals surface area contributed by atoms with Gasteiger partial charge in [-0.3, -0.25) is 4.79 Å². The number of carboxylic acid groups (broad SMARTS) is 1. The minimum absolute atomic E-state index is 0.207. The largest absolute Gasteiger partial charge is 0.481 e. The van der Waals surface area contributed by atoms with Crippen LogP contribution in [0.15, 0.2) is 24.3 Å². The second-order valence-corrected chi connectivity index (χ2v) is 4.34. The van der Waals surface area contributed by atoms with E-state index in [1.165, 1.54) is 0 Å². The van der Waals surface area contributed by atoms with E-state index in [1.807, 2.05) is 19.1 Å². The molecular weight excluding hydrogens is 190 g/mol. The Morgan fingerprint density at radius 3 is 2.40 bits per heavy atom. The Bertz CT molecular complexity index is 385. The van der Waals surface area contributed by atoms with Crippen LogP contribution in [0.2, 0.25) is 0 Å². The Balaban J connectivity index is 2.42. The molecule has 1 fully saturated rings. The fourth-order valence-corrected chi connectivity index (χ4v) is 2.37. The lowest BCUT2D eigenvalue weighted by Crippen LogP contribution is -2.49. The third-order valence-electron chi connectivity index (χ3n) is 3.62. The van der Waals surface area contributed by atoms with E-state index in [0.717, 1.165) is 18.4 Å². The lowest BCUT2D eigenvalue weighted by atomic mass is 9.57. The van der Waals surface area contributed by atoms with E-state index in [0.29, 0.717) is 5.69 Å². The smallest absolute Gasteiger partial charge is 0.314 e. The maximum absolute atomic E-state index is 11.4. The van der Waals surface area contributed by atoms with Crippen molar-refractivity contribution in [3.63, 3.8) is 0 Å². The lowest BCUT2D eigenvalue weighted by molar-refractivity contribution is -0.151. The molecule has 1 aliphatic rings. The standard InChI is InChI=1S/C12H15NO2/c1-8-6-7-12(8,11(14)15)9-2-4-10(13)5-3-9/h2-5,8H,6-7,13H2,1H3,(H,14,15). The highest BCUT2D eigenvalue weighted by molar-refractivity contribution is 5.83. The van der Waals surface area contributed by atoms with Crippen LogP contribution in [0.5, 0.6) is 0 Å². The normalized spacial score (nSPS) is 29.5. The summed E-state index contributed by atoms with van der Waals surface area (Å²) in [5.41, 5.74) is 6.47. The Labute approximate surface area is 88.9 Å². The average molecular weight is 205 g/mol. The molecule has 0 spiro atoms. The summed E-state index contributed by atoms with van der Waals surface area (Å²) >= 11 is 0. The highest BCUT2D eigenvalue weighted by Crippen LogP contribution is 2.48. The monoisotopic (exact) mass is 205 g/mol. The second kappa shape index (κ2) is 3.26. The minimum Gasteiger partial charge on any atom is -0.481 e. The molecule has 0 aliphatic heterocycles. The molecule has 3 nitrogen and oxygen atoms in total. The maximum atomic E-state index is 11.4. The predicted molar refractivity (Wildman–Crippen MR) is 58.6 cm³/mol. The number of carbonyl (C=O) groups is 1. The second-order valence-electron chi connectivity index (χ2n) is 4.34. The summed E-state index contributed by atoms with van der Waals surface area (Å²) in [6, 6.07) is 7.20. The van der Waals surface area contributed by atoms with Crippen molar-refractivity contribution in [2.45, 2.75) is 25.2 Å². The number of hydrogen-bond acceptors (Lipinski definition) is 2. The first-order chi connectivity index (χ1) is 7.07. The molecule has 1 aliphatic carbocycles. The van der Waals surface area contributed by atoms with Gasteiger partial charge in [0.1, 0.15) is 0 Å². The quantitative estimate of drug-likeness (QED) is 0.726. The van der Waals surface area contributed by atoms with E-state index in [9.17, 15) is 9.90 Å². The van der Waals surface area contributed by atoms with Crippen LogP contribution in [0, 0.1) is 5.92 Å². The molecule has 0 heterocycles. The van der Waals surface area contributed by atoms with Crippen molar-refractivity contribution in [3.05, 3.63) is 29.8 Å². The first-order valence-electron chi connectivity index (χ1n) is 5.17. The third kappa shape index (κ3) is 1.30. The molecule has 2 atom stereocenters. The van der Waals surface area contributed by atoms with Crippen LogP contribution in [0.4, 0.5) is 5.69 Å². The molecular formula is C12H15NO2. The molecule has 0 aromatic heterocycles. The molecule has 1 saturated carbocycles. The molecule has 0 saturated heterocycles. The number of nitrogen functional groups attached to an aromatic ring is 1. The molecule has 0 amide bonds. The van der Waals surface area contributed by atoms with Gasteiger partial charge in [-0.2, -0.15) is 0 Å². The Morgan fingerprint density at radius 2 is 2.07 bits per heavy atom. The van der Waals surface area contributed by atoms with Crippen molar-refractivity contribution in [1.29, 1.82) is 0 Å². The highest BCUT2D eigenvalue weighted by atomic mass is 16.4. The highest BCUT2D eigenvalue weighted by Gasteiger charge is 2.51. The Kier molecular flexibility index (Phi) is 2.18. The number of carboxylic acids is 1. The summed E-state index contributed by atoms with van der Waals surface area (Å²) in [4.78, 5) is 11.4. The van der Waals surface area contributed by atoms with Crippen molar-refractivity contribution in [2.24, 2.45) is 5.92 Å². The van der Waals surface area contributed by atoms with Gasteiger partial charge >= 0.3 is 5.97 Å². The molecule has 3 heteroatoms. The number of benzene rings is 1. The average Bonchev–Trinajstić information content (AvgIpc) is 2.19. The van der Waals surface area contributed by atoms with E-state index < -0.39 is 11.4 Å². The summed E-state index contributed by atoms with van der Waals surface area (Å²) < 4.78 is 0. The van der Waals surface area contributed by atoms with Gasteiger partial charge in [-0.1, -0.05) is 19.1 Å². The van der Waals surface area contributed by atoms with Gasteiger partial charge in [-0.25, -0.2) is 0 Å². The zero-order valence-electron chi connectivity index (χ0n) is 8.73. The number of hydrogen-bond donors (Lipinski definition) is 2. The molecule has 1 aromatic rings. The Morgan fingerprint density at radius 1 is 1.47 bits per heavy atom. The van der Waals surface area contributed by atoms with Gasteiger partial charge < -0.3 is 10.8 Å². The summed E-state index contributed by atoms with van der Waals surface area (Å²) in [5, 5.41) is 9.35. The van der Waals surface area contributed by atoms with Gasteiger partial charge in [-0.15, -0.1) is 0 Å². The summed E-state index contributed by atoms with van der Waals surface area (Å²) in [7, 11) is 0. The first kappa shape index (κ1) is 10.0. The molecule has 0 radical (unpaired) electrons. The number of nitrogens with two attached hydrogens (primary N) is 1. The van der Waals surface area contributed by atoms with E-state index in [2.05, 4.69) is 0 Å². The summed E-state index contributed by atoms with van der Waals surface area (Å²) in [6.45, 7) is 1.99. The molecule has 2 rings (SSSR count). The van der Waals surface area contributed by atoms with Crippen molar-refractivity contribution in [1.82, 2.24) is 0 Å². The van der Waals surface area contributed by atoms with Gasteiger partial charge in [-0.05, 0) is 36.5 Å². The maximum Gasteiger partial charge on any atom is 0.314 e. The van der Waals surface area contributed by atoms with E-state index in [4.69, 9.17) is 5.73 Å². The van der Waals surface area contributed by atoms with E-state index >= 15 is 0 Å². The van der Waals surface area contributed by atoms with E-state index in [1.54, 1.807) is 12.1 Å². The van der Waals surface area contributed by atoms with Gasteiger partial charge in [0.25, 0.3) is 0 Å². The van der Waals surface area contributed by atoms with Gasteiger partial charge in [0.15, 0.2) is 0 Å². The zero-order valence-corrected chi connectivity index (χ0v) is 8.73. The minimum atomic E-state index is -0.717. The number of rotatable bonds is 2. The third-order valence-corrected chi connectivity index (χ3v) is 3.62. The van der Waals surface area contributed by atoms with Crippen LogP contribution in [-0.2, 0) is 10.2 Å². The predicted octanol–water partition coefficient (Wildman–Crippen LogP) is 2.02. The van der Waals surface area contributed by atoms with Crippen LogP contribution >= 0.6 is 0 Å². The Hall–Kier alpha value is -1.51. The topological polar surface area (TPSA) is 63.3 Å². The van der Waals surface area contributed by atoms with E-state index in [-0.39, 0.29) is 5.92 Å². The lowest BCUT2D eigenvalue weighted by Gasteiger charge is -2.44. The van der Waals surface area contributed by atoms with Crippen LogP contribution in [-0.4, -0.2) is 11.1 Å².